The van der Waals surface area contributed by atoms with Crippen molar-refractivity contribution in [3.63, 3.8) is 0 Å². The molecule has 1 N–H and O–H groups in total. The minimum absolute atomic E-state index is 0.00748. The van der Waals surface area contributed by atoms with Gasteiger partial charge in [0.15, 0.2) is 0 Å². The van der Waals surface area contributed by atoms with Crippen LogP contribution >= 0.6 is 0 Å². The second kappa shape index (κ2) is 11.4. The van der Waals surface area contributed by atoms with E-state index < -0.39 is 22.2 Å². The highest BCUT2D eigenvalue weighted by molar-refractivity contribution is 7.89. The maximum Gasteiger partial charge on any atom is 0.253 e. The molecule has 0 unspecified atom stereocenters. The first-order chi connectivity index (χ1) is 18.1. The third kappa shape index (κ3) is 5.58. The van der Waals surface area contributed by atoms with Gasteiger partial charge in [-0.05, 0) is 54.4 Å². The van der Waals surface area contributed by atoms with E-state index in [0.717, 1.165) is 5.56 Å². The zero-order chi connectivity index (χ0) is 27.4. The van der Waals surface area contributed by atoms with Gasteiger partial charge in [-0.25, -0.2) is 8.42 Å². The predicted octanol–water partition coefficient (Wildman–Crippen LogP) is 3.77. The van der Waals surface area contributed by atoms with Gasteiger partial charge in [0.2, 0.25) is 10.0 Å². The first kappa shape index (κ1) is 27.3. The largest absolute Gasteiger partial charge is 0.487 e. The molecule has 0 fully saturated rings. The quantitative estimate of drug-likeness (QED) is 0.517. The zero-order valence-electron chi connectivity index (χ0n) is 21.6. The van der Waals surface area contributed by atoms with Crippen LogP contribution in [0.1, 0.15) is 29.8 Å². The summed E-state index contributed by atoms with van der Waals surface area (Å²) in [4.78, 5) is 14.6. The SMILES string of the molecule is C[C@H](CO)N1C[C@H](C)[C@H](CN(C)C(=O)c2ccccc2)Oc2cc(-c3cccc(C#N)c3)ccc2S1(=O)=O. The molecular weight excluding hydrogens is 502 g/mol. The average Bonchev–Trinajstić information content (AvgIpc) is 2.94. The van der Waals surface area contributed by atoms with E-state index in [-0.39, 0.29) is 42.2 Å². The van der Waals surface area contributed by atoms with E-state index in [1.807, 2.05) is 19.1 Å². The van der Waals surface area contributed by atoms with Gasteiger partial charge in [-0.2, -0.15) is 9.57 Å². The molecular formula is C29H31N3O5S. The van der Waals surface area contributed by atoms with Crippen molar-refractivity contribution in [2.24, 2.45) is 5.92 Å². The first-order valence-corrected chi connectivity index (χ1v) is 13.8. The van der Waals surface area contributed by atoms with Crippen LogP contribution in [0.25, 0.3) is 11.1 Å². The van der Waals surface area contributed by atoms with Crippen LogP contribution in [0.4, 0.5) is 0 Å². The second-order valence-electron chi connectivity index (χ2n) is 9.65. The molecule has 1 amide bonds. The molecule has 1 aliphatic rings. The lowest BCUT2D eigenvalue weighted by Gasteiger charge is -2.37. The molecule has 198 valence electrons. The van der Waals surface area contributed by atoms with Gasteiger partial charge < -0.3 is 14.7 Å². The molecule has 8 nitrogen and oxygen atoms in total. The summed E-state index contributed by atoms with van der Waals surface area (Å²) in [5.74, 6) is -0.306. The molecule has 38 heavy (non-hydrogen) atoms. The van der Waals surface area contributed by atoms with Crippen molar-refractivity contribution in [1.82, 2.24) is 9.21 Å². The third-order valence-electron chi connectivity index (χ3n) is 6.81. The van der Waals surface area contributed by atoms with Crippen molar-refractivity contribution >= 4 is 15.9 Å². The van der Waals surface area contributed by atoms with Crippen LogP contribution in [0.15, 0.2) is 77.7 Å². The van der Waals surface area contributed by atoms with Gasteiger partial charge >= 0.3 is 0 Å². The Kier molecular flexibility index (Phi) is 8.17. The molecule has 3 atom stereocenters. The molecule has 1 aliphatic heterocycles. The Hall–Kier alpha value is -3.71. The van der Waals surface area contributed by atoms with E-state index in [2.05, 4.69) is 6.07 Å². The summed E-state index contributed by atoms with van der Waals surface area (Å²) in [5.41, 5.74) is 2.47. The Morgan fingerprint density at radius 3 is 2.53 bits per heavy atom. The lowest BCUT2D eigenvalue weighted by Crippen LogP contribution is -2.50. The zero-order valence-corrected chi connectivity index (χ0v) is 22.4. The summed E-state index contributed by atoms with van der Waals surface area (Å²) < 4.78 is 35.1. The maximum absolute atomic E-state index is 13.7. The van der Waals surface area contributed by atoms with Crippen molar-refractivity contribution in [1.29, 1.82) is 5.26 Å². The fraction of sp³-hybridized carbons (Fsp3) is 0.310. The Balaban J connectivity index is 1.76. The van der Waals surface area contributed by atoms with Gasteiger partial charge in [0, 0.05) is 31.1 Å². The van der Waals surface area contributed by atoms with E-state index in [9.17, 15) is 23.6 Å². The Bertz CT molecular complexity index is 1450. The maximum atomic E-state index is 13.7. The number of nitriles is 1. The number of hydrogen-bond donors (Lipinski definition) is 1. The lowest BCUT2D eigenvalue weighted by atomic mass is 10.0. The number of nitrogens with zero attached hydrogens (tertiary/aromatic N) is 3. The topological polar surface area (TPSA) is 111 Å². The number of aliphatic hydroxyl groups is 1. The van der Waals surface area contributed by atoms with Gasteiger partial charge in [-0.15, -0.1) is 0 Å². The molecule has 1 heterocycles. The molecule has 0 spiro atoms. The van der Waals surface area contributed by atoms with Crippen molar-refractivity contribution in [2.45, 2.75) is 30.9 Å². The minimum Gasteiger partial charge on any atom is -0.487 e. The third-order valence-corrected chi connectivity index (χ3v) is 8.83. The molecule has 0 saturated carbocycles. The summed E-state index contributed by atoms with van der Waals surface area (Å²) in [6.07, 6.45) is -0.531. The van der Waals surface area contributed by atoms with E-state index >= 15 is 0 Å². The Labute approximate surface area is 223 Å². The van der Waals surface area contributed by atoms with Gasteiger partial charge in [0.25, 0.3) is 5.91 Å². The number of hydrogen-bond acceptors (Lipinski definition) is 6. The van der Waals surface area contributed by atoms with Gasteiger partial charge in [0.05, 0.1) is 24.8 Å². The molecule has 0 radical (unpaired) electrons. The number of rotatable bonds is 6. The van der Waals surface area contributed by atoms with Crippen LogP contribution in [0, 0.1) is 17.2 Å². The Morgan fingerprint density at radius 1 is 1.13 bits per heavy atom. The molecule has 3 aromatic carbocycles. The van der Waals surface area contributed by atoms with Crippen LogP contribution in [-0.4, -0.2) is 67.5 Å². The number of sulfonamides is 1. The van der Waals surface area contributed by atoms with Crippen LogP contribution in [0.5, 0.6) is 5.75 Å². The van der Waals surface area contributed by atoms with Crippen LogP contribution in [0.3, 0.4) is 0 Å². The summed E-state index contributed by atoms with van der Waals surface area (Å²) in [6.45, 7) is 3.55. The summed E-state index contributed by atoms with van der Waals surface area (Å²) >= 11 is 0. The molecule has 3 aromatic rings. The number of aliphatic hydroxyl groups excluding tert-OH is 1. The molecule has 0 aromatic heterocycles. The first-order valence-electron chi connectivity index (χ1n) is 12.4. The number of ether oxygens (including phenoxy) is 1. The number of benzene rings is 3. The second-order valence-corrected chi connectivity index (χ2v) is 11.5. The summed E-state index contributed by atoms with van der Waals surface area (Å²) in [5, 5.41) is 19.2. The molecule has 4 rings (SSSR count). The lowest BCUT2D eigenvalue weighted by molar-refractivity contribution is 0.0564. The van der Waals surface area contributed by atoms with Crippen LogP contribution in [-0.2, 0) is 10.0 Å². The van der Waals surface area contributed by atoms with Gasteiger partial charge in [-0.1, -0.05) is 43.3 Å². The van der Waals surface area contributed by atoms with Gasteiger partial charge in [-0.3, -0.25) is 4.79 Å². The fourth-order valence-corrected chi connectivity index (χ4v) is 6.37. The smallest absolute Gasteiger partial charge is 0.253 e. The number of likely N-dealkylation sites (N-methyl/N-ethyl adjacent to an activating group) is 1. The van der Waals surface area contributed by atoms with E-state index in [0.29, 0.717) is 16.7 Å². The fourth-order valence-electron chi connectivity index (χ4n) is 4.55. The van der Waals surface area contributed by atoms with E-state index in [1.165, 1.54) is 10.4 Å². The van der Waals surface area contributed by atoms with E-state index in [1.54, 1.807) is 73.5 Å². The number of carbonyl (C=O) groups is 1. The molecule has 0 saturated heterocycles. The standard InChI is InChI=1S/C29H31N3O5S/c1-20-17-32(21(2)19-33)38(35,36)28-13-12-25(24-11-7-8-22(14-24)16-30)15-26(28)37-27(20)18-31(3)29(34)23-9-5-4-6-10-23/h4-15,20-21,27,33H,17-19H2,1-3H3/t20-,21+,27-/m0/s1. The minimum atomic E-state index is -3.99. The normalized spacial score (nSPS) is 19.7. The highest BCUT2D eigenvalue weighted by Gasteiger charge is 2.38. The van der Waals surface area contributed by atoms with Crippen molar-refractivity contribution in [2.75, 3.05) is 26.7 Å². The summed E-state index contributed by atoms with van der Waals surface area (Å²) in [6, 6.07) is 22.3. The van der Waals surface area contributed by atoms with Crippen molar-refractivity contribution in [3.05, 3.63) is 83.9 Å². The molecule has 9 heteroatoms. The average molecular weight is 534 g/mol. The highest BCUT2D eigenvalue weighted by Crippen LogP contribution is 2.36. The monoisotopic (exact) mass is 533 g/mol. The molecule has 0 bridgehead atoms. The summed E-state index contributed by atoms with van der Waals surface area (Å²) in [7, 11) is -2.30. The Morgan fingerprint density at radius 2 is 1.84 bits per heavy atom. The highest BCUT2D eigenvalue weighted by atomic mass is 32.2. The molecule has 0 aliphatic carbocycles. The van der Waals surface area contributed by atoms with Gasteiger partial charge in [0.1, 0.15) is 16.7 Å². The van der Waals surface area contributed by atoms with Crippen molar-refractivity contribution in [3.8, 4) is 22.9 Å². The number of amides is 1. The van der Waals surface area contributed by atoms with Crippen LogP contribution < -0.4 is 4.74 Å². The van der Waals surface area contributed by atoms with Crippen molar-refractivity contribution < 1.29 is 23.1 Å². The number of carbonyl (C=O) groups excluding carboxylic acids is 1. The number of fused-ring (bicyclic) bond motifs is 1. The van der Waals surface area contributed by atoms with Crippen LogP contribution in [0.2, 0.25) is 0 Å². The predicted molar refractivity (Wildman–Crippen MR) is 144 cm³/mol. The van der Waals surface area contributed by atoms with E-state index in [4.69, 9.17) is 4.74 Å².